The van der Waals surface area contributed by atoms with Crippen molar-refractivity contribution in [1.82, 2.24) is 0 Å². The number of hydrogen-bond acceptors (Lipinski definition) is 6. The molecule has 0 N–H and O–H groups in total. The van der Waals surface area contributed by atoms with E-state index in [-0.39, 0.29) is 16.7 Å². The van der Waals surface area contributed by atoms with Gasteiger partial charge >= 0.3 is 17.9 Å². The van der Waals surface area contributed by atoms with E-state index in [0.29, 0.717) is 0 Å². The molecule has 0 bridgehead atoms. The average Bonchev–Trinajstić information content (AvgIpc) is 2.53. The van der Waals surface area contributed by atoms with Crippen molar-refractivity contribution in [1.29, 1.82) is 0 Å². The van der Waals surface area contributed by atoms with E-state index >= 15 is 0 Å². The number of rotatable bonds is 3. The molecule has 1 aromatic carbocycles. The van der Waals surface area contributed by atoms with Gasteiger partial charge in [-0.1, -0.05) is 13.8 Å². The number of ether oxygens (including phenoxy) is 3. The number of carbonyl (C=O) groups is 3. The van der Waals surface area contributed by atoms with Gasteiger partial charge in [0.05, 0.1) is 38.0 Å². The van der Waals surface area contributed by atoms with E-state index in [1.165, 1.54) is 39.5 Å². The highest BCUT2D eigenvalue weighted by molar-refractivity contribution is 6.00. The number of hydrogen-bond donors (Lipinski definition) is 0. The molecule has 20 heavy (non-hydrogen) atoms. The molecule has 0 saturated heterocycles. The summed E-state index contributed by atoms with van der Waals surface area (Å²) < 4.78 is 13.6. The first-order valence-corrected chi connectivity index (χ1v) is 5.93. The Morgan fingerprint density at radius 3 is 1.00 bits per heavy atom. The molecule has 0 aliphatic carbocycles. The lowest BCUT2D eigenvalue weighted by Gasteiger charge is -2.06. The Balaban J connectivity index is 0.00000172. The molecular formula is C14H18O6. The summed E-state index contributed by atoms with van der Waals surface area (Å²) in [5.74, 6) is -1.98. The van der Waals surface area contributed by atoms with Crippen molar-refractivity contribution in [3.05, 3.63) is 34.9 Å². The Hall–Kier alpha value is -2.37. The first kappa shape index (κ1) is 17.6. The fourth-order valence-corrected chi connectivity index (χ4v) is 1.33. The molecule has 0 aromatic heterocycles. The number of methoxy groups -OCH3 is 3. The summed E-state index contributed by atoms with van der Waals surface area (Å²) in [7, 11) is 3.60. The molecular weight excluding hydrogens is 264 g/mol. The average molecular weight is 282 g/mol. The lowest BCUT2D eigenvalue weighted by molar-refractivity contribution is 0.0598. The zero-order chi connectivity index (χ0) is 15.7. The van der Waals surface area contributed by atoms with Gasteiger partial charge in [0.2, 0.25) is 0 Å². The quantitative estimate of drug-likeness (QED) is 0.623. The topological polar surface area (TPSA) is 78.9 Å². The molecule has 110 valence electrons. The lowest BCUT2D eigenvalue weighted by atomic mass is 10.1. The molecule has 1 aromatic rings. The zero-order valence-electron chi connectivity index (χ0n) is 12.2. The predicted octanol–water partition coefficient (Wildman–Crippen LogP) is 2.07. The molecule has 0 heterocycles. The minimum atomic E-state index is -0.661. The first-order chi connectivity index (χ1) is 9.53. The minimum Gasteiger partial charge on any atom is -0.465 e. The summed E-state index contributed by atoms with van der Waals surface area (Å²) in [6, 6.07) is 3.85. The molecule has 6 heteroatoms. The molecule has 6 nitrogen and oxygen atoms in total. The summed E-state index contributed by atoms with van der Waals surface area (Å²) in [5.41, 5.74) is 0.211. The smallest absolute Gasteiger partial charge is 0.337 e. The molecule has 0 fully saturated rings. The fourth-order valence-electron chi connectivity index (χ4n) is 1.33. The van der Waals surface area contributed by atoms with E-state index in [9.17, 15) is 14.4 Å². The molecule has 0 spiro atoms. The van der Waals surface area contributed by atoms with Crippen LogP contribution in [0.1, 0.15) is 44.9 Å². The highest BCUT2D eigenvalue weighted by Crippen LogP contribution is 2.13. The van der Waals surface area contributed by atoms with Gasteiger partial charge in [-0.25, -0.2) is 14.4 Å². The van der Waals surface area contributed by atoms with Gasteiger partial charge in [0.1, 0.15) is 0 Å². The molecule has 0 saturated carbocycles. The molecule has 0 aliphatic rings. The van der Waals surface area contributed by atoms with Crippen LogP contribution in [0, 0.1) is 0 Å². The SMILES string of the molecule is CC.COC(=O)c1cc(C(=O)OC)cc(C(=O)OC)c1. The van der Waals surface area contributed by atoms with Crippen LogP contribution < -0.4 is 0 Å². The summed E-state index contributed by atoms with van der Waals surface area (Å²) >= 11 is 0. The second-order valence-electron chi connectivity index (χ2n) is 3.27. The van der Waals surface area contributed by atoms with E-state index in [4.69, 9.17) is 0 Å². The summed E-state index contributed by atoms with van der Waals surface area (Å²) in [5, 5.41) is 0. The summed E-state index contributed by atoms with van der Waals surface area (Å²) in [6.45, 7) is 4.00. The van der Waals surface area contributed by atoms with Gasteiger partial charge in [0.25, 0.3) is 0 Å². The van der Waals surface area contributed by atoms with Crippen LogP contribution in [0.15, 0.2) is 18.2 Å². The maximum absolute atomic E-state index is 11.4. The van der Waals surface area contributed by atoms with E-state index in [2.05, 4.69) is 14.2 Å². The lowest BCUT2D eigenvalue weighted by Crippen LogP contribution is -2.10. The monoisotopic (exact) mass is 282 g/mol. The second kappa shape index (κ2) is 8.68. The van der Waals surface area contributed by atoms with Gasteiger partial charge in [-0.15, -0.1) is 0 Å². The third-order valence-corrected chi connectivity index (χ3v) is 2.20. The molecule has 0 unspecified atom stereocenters. The van der Waals surface area contributed by atoms with Crippen molar-refractivity contribution in [3.63, 3.8) is 0 Å². The van der Waals surface area contributed by atoms with Crippen LogP contribution in [0.5, 0.6) is 0 Å². The van der Waals surface area contributed by atoms with Crippen LogP contribution >= 0.6 is 0 Å². The Morgan fingerprint density at radius 2 is 0.850 bits per heavy atom. The van der Waals surface area contributed by atoms with E-state index < -0.39 is 17.9 Å². The first-order valence-electron chi connectivity index (χ1n) is 5.93. The van der Waals surface area contributed by atoms with E-state index in [1.54, 1.807) is 0 Å². The van der Waals surface area contributed by atoms with Gasteiger partial charge in [-0.2, -0.15) is 0 Å². The Morgan fingerprint density at radius 1 is 0.650 bits per heavy atom. The van der Waals surface area contributed by atoms with Crippen LogP contribution in [0.2, 0.25) is 0 Å². The number of benzene rings is 1. The van der Waals surface area contributed by atoms with Gasteiger partial charge in [0.15, 0.2) is 0 Å². The maximum atomic E-state index is 11.4. The maximum Gasteiger partial charge on any atom is 0.337 e. The van der Waals surface area contributed by atoms with Gasteiger partial charge < -0.3 is 14.2 Å². The van der Waals surface area contributed by atoms with E-state index in [0.717, 1.165) is 0 Å². The van der Waals surface area contributed by atoms with Crippen molar-refractivity contribution in [2.45, 2.75) is 13.8 Å². The highest BCUT2D eigenvalue weighted by Gasteiger charge is 2.17. The van der Waals surface area contributed by atoms with Crippen LogP contribution in [0.3, 0.4) is 0 Å². The van der Waals surface area contributed by atoms with Crippen LogP contribution in [0.4, 0.5) is 0 Å². The van der Waals surface area contributed by atoms with Crippen LogP contribution in [-0.4, -0.2) is 39.2 Å². The van der Waals surface area contributed by atoms with Crippen molar-refractivity contribution in [3.8, 4) is 0 Å². The third-order valence-electron chi connectivity index (χ3n) is 2.20. The van der Waals surface area contributed by atoms with Crippen LogP contribution in [-0.2, 0) is 14.2 Å². The summed E-state index contributed by atoms with van der Waals surface area (Å²) in [6.07, 6.45) is 0. The Bertz CT molecular complexity index is 409. The normalized spacial score (nSPS) is 8.85. The number of carbonyl (C=O) groups excluding carboxylic acids is 3. The predicted molar refractivity (Wildman–Crippen MR) is 71.8 cm³/mol. The van der Waals surface area contributed by atoms with Gasteiger partial charge in [-0.3, -0.25) is 0 Å². The molecule has 1 rings (SSSR count). The van der Waals surface area contributed by atoms with Gasteiger partial charge in [-0.05, 0) is 18.2 Å². The van der Waals surface area contributed by atoms with Crippen molar-refractivity contribution < 1.29 is 28.6 Å². The largest absolute Gasteiger partial charge is 0.465 e. The third kappa shape index (κ3) is 4.38. The van der Waals surface area contributed by atoms with Gasteiger partial charge in [0, 0.05) is 0 Å². The summed E-state index contributed by atoms with van der Waals surface area (Å²) in [4.78, 5) is 34.2. The molecule has 0 atom stereocenters. The van der Waals surface area contributed by atoms with E-state index in [1.807, 2.05) is 13.8 Å². The standard InChI is InChI=1S/C12H12O6.C2H6/c1-16-10(13)7-4-8(11(14)17-2)6-9(5-7)12(15)18-3;1-2/h4-6H,1-3H3;1-2H3. The molecule has 0 amide bonds. The van der Waals surface area contributed by atoms with Crippen LogP contribution in [0.25, 0.3) is 0 Å². The highest BCUT2D eigenvalue weighted by atomic mass is 16.5. The fraction of sp³-hybridized carbons (Fsp3) is 0.357. The Labute approximate surface area is 117 Å². The Kier molecular flexibility index (Phi) is 7.65. The molecule has 0 aliphatic heterocycles. The van der Waals surface area contributed by atoms with Crippen molar-refractivity contribution in [2.24, 2.45) is 0 Å². The zero-order valence-corrected chi connectivity index (χ0v) is 12.2. The molecule has 0 radical (unpaired) electrons. The number of esters is 3. The minimum absolute atomic E-state index is 0.0702. The van der Waals surface area contributed by atoms with Crippen molar-refractivity contribution in [2.75, 3.05) is 21.3 Å². The van der Waals surface area contributed by atoms with Crippen molar-refractivity contribution >= 4 is 17.9 Å². The second-order valence-corrected chi connectivity index (χ2v) is 3.27.